The molecule has 0 amide bonds. The molecule has 0 aromatic carbocycles. The molecule has 0 aliphatic carbocycles. The smallest absolute Gasteiger partial charge is 0.191 e. The molecule has 0 radical (unpaired) electrons. The van der Waals surface area contributed by atoms with E-state index >= 15 is 0 Å². The van der Waals surface area contributed by atoms with Gasteiger partial charge in [0, 0.05) is 18.2 Å². The van der Waals surface area contributed by atoms with Crippen LogP contribution in [0, 0.1) is 5.92 Å². The highest BCUT2D eigenvalue weighted by Crippen LogP contribution is 2.36. The second-order valence-corrected chi connectivity index (χ2v) is 14.0. The van der Waals surface area contributed by atoms with Crippen LogP contribution in [0.3, 0.4) is 0 Å². The lowest BCUT2D eigenvalue weighted by atomic mass is 10.1. The van der Waals surface area contributed by atoms with Crippen LogP contribution in [-0.4, -0.2) is 24.5 Å². The second kappa shape index (κ2) is 9.45. The highest BCUT2D eigenvalue weighted by Gasteiger charge is 2.36. The molecule has 1 aromatic heterocycles. The summed E-state index contributed by atoms with van der Waals surface area (Å²) in [6, 6.07) is 0. The molecule has 0 fully saturated rings. The van der Waals surface area contributed by atoms with Gasteiger partial charge in [0.05, 0.1) is 11.7 Å². The van der Waals surface area contributed by atoms with Crippen molar-refractivity contribution in [3.8, 4) is 0 Å². The predicted molar refractivity (Wildman–Crippen MR) is 116 cm³/mol. The van der Waals surface area contributed by atoms with Crippen LogP contribution in [0.4, 0.5) is 0 Å². The van der Waals surface area contributed by atoms with Crippen LogP contribution in [-0.2, 0) is 11.0 Å². The fraction of sp³-hybridized carbons (Fsp3) is 0.632. The molecule has 1 heterocycles. The third-order valence-electron chi connectivity index (χ3n) is 5.12. The number of allylic oxidation sites excluding steroid dienone is 1. The minimum Gasteiger partial charge on any atom is -0.417 e. The lowest BCUT2D eigenvalue weighted by Crippen LogP contribution is -2.41. The van der Waals surface area contributed by atoms with Crippen molar-refractivity contribution in [3.63, 3.8) is 0 Å². The summed E-state index contributed by atoms with van der Waals surface area (Å²) in [6.45, 7) is 18.6. The van der Waals surface area contributed by atoms with E-state index < -0.39 is 8.32 Å². The Bertz CT molecular complexity index is 731. The Hall–Kier alpha value is -0.753. The lowest BCUT2D eigenvalue weighted by Gasteiger charge is -2.36. The van der Waals surface area contributed by atoms with Gasteiger partial charge in [-0.2, -0.15) is 0 Å². The van der Waals surface area contributed by atoms with Crippen LogP contribution in [0.1, 0.15) is 40.5 Å². The summed E-state index contributed by atoms with van der Waals surface area (Å²) in [6.07, 6.45) is 5.52. The second-order valence-electron chi connectivity index (χ2n) is 8.27. The monoisotopic (exact) mass is 417 g/mol. The molecule has 1 rings (SSSR count). The van der Waals surface area contributed by atoms with Gasteiger partial charge in [0.25, 0.3) is 0 Å². The molecule has 1 atom stereocenters. The first-order chi connectivity index (χ1) is 11.9. The summed E-state index contributed by atoms with van der Waals surface area (Å²) in [7, 11) is -1.71. The van der Waals surface area contributed by atoms with Gasteiger partial charge in [0.2, 0.25) is 0 Å². The molecule has 0 spiro atoms. The number of nitrogens with two attached hydrogens (primary N) is 1. The average molecular weight is 418 g/mol. The van der Waals surface area contributed by atoms with Crippen molar-refractivity contribution >= 4 is 42.8 Å². The molecule has 26 heavy (non-hydrogen) atoms. The first-order valence-electron chi connectivity index (χ1n) is 9.01. The Kier molecular flexibility index (Phi) is 8.46. The van der Waals surface area contributed by atoms with E-state index in [1.165, 1.54) is 0 Å². The fourth-order valence-corrected chi connectivity index (χ4v) is 3.49. The molecular weight excluding hydrogens is 385 g/mol. The van der Waals surface area contributed by atoms with Gasteiger partial charge in [-0.1, -0.05) is 63.6 Å². The quantitative estimate of drug-likeness (QED) is 0.393. The number of rotatable bonds is 8. The van der Waals surface area contributed by atoms with Crippen molar-refractivity contribution in [2.24, 2.45) is 11.7 Å². The highest BCUT2D eigenvalue weighted by molar-refractivity contribution is 6.74. The Morgan fingerprint density at radius 3 is 2.54 bits per heavy atom. The minimum atomic E-state index is -1.71. The average Bonchev–Trinajstić information content (AvgIpc) is 2.91. The Balaban J connectivity index is 2.87. The van der Waals surface area contributed by atoms with E-state index in [4.69, 9.17) is 33.4 Å². The number of hydrogen-bond acceptors (Lipinski definition) is 3. The van der Waals surface area contributed by atoms with Crippen molar-refractivity contribution in [2.45, 2.75) is 65.2 Å². The molecule has 1 unspecified atom stereocenters. The molecule has 0 bridgehead atoms. The molecule has 4 nitrogen and oxygen atoms in total. The zero-order valence-electron chi connectivity index (χ0n) is 16.9. The number of aryl methyl sites for hydroxylation is 1. The Morgan fingerprint density at radius 1 is 1.42 bits per heavy atom. The first-order valence-corrected chi connectivity index (χ1v) is 12.7. The summed E-state index contributed by atoms with van der Waals surface area (Å²) in [5, 5.41) is 2.60. The summed E-state index contributed by atoms with van der Waals surface area (Å²) in [5.41, 5.74) is 5.78. The topological polar surface area (TPSA) is 53.1 Å². The van der Waals surface area contributed by atoms with Gasteiger partial charge >= 0.3 is 0 Å². The van der Waals surface area contributed by atoms with Crippen LogP contribution in [0.25, 0.3) is 11.2 Å². The molecule has 0 saturated carbocycles. The van der Waals surface area contributed by atoms with E-state index in [-0.39, 0.29) is 16.1 Å². The third kappa shape index (κ3) is 6.45. The van der Waals surface area contributed by atoms with Crippen LogP contribution >= 0.6 is 23.2 Å². The number of hydrogen-bond donors (Lipinski definition) is 1. The fourth-order valence-electron chi connectivity index (χ4n) is 2.16. The van der Waals surface area contributed by atoms with Gasteiger partial charge < -0.3 is 14.7 Å². The van der Waals surface area contributed by atoms with Gasteiger partial charge in [-0.05, 0) is 36.9 Å². The van der Waals surface area contributed by atoms with E-state index in [1.54, 1.807) is 6.33 Å². The Labute approximate surface area is 168 Å². The number of nitrogens with zero attached hydrogens (tertiary/aromatic N) is 2. The van der Waals surface area contributed by atoms with Crippen LogP contribution in [0.5, 0.6) is 0 Å². The molecule has 148 valence electrons. The molecule has 1 aromatic rings. The summed E-state index contributed by atoms with van der Waals surface area (Å²) in [4.78, 5) is 4.36. The SMILES string of the molecule is C=C(Cl)C(C)C/C=c1/c(=C(\N)Cl)ncn1CCCO[Si](C)(C)C(C)(C)C. The number of aromatic nitrogens is 2. The third-order valence-corrected chi connectivity index (χ3v) is 10.2. The largest absolute Gasteiger partial charge is 0.417 e. The van der Waals surface area contributed by atoms with Gasteiger partial charge in [0.1, 0.15) is 10.5 Å². The van der Waals surface area contributed by atoms with E-state index in [1.807, 2.05) is 6.92 Å². The standard InChI is InChI=1S/C19H33Cl2N3OSi/c1-14(15(2)20)9-10-16-17(18(21)22)23-13-24(16)11-8-12-25-26(6,7)19(3,4)5/h10,13-14H,2,8-9,11-12,22H2,1,3-7H3/b16-10-,18-17+. The number of imidazole rings is 1. The van der Waals surface area contributed by atoms with Gasteiger partial charge in [-0.3, -0.25) is 0 Å². The van der Waals surface area contributed by atoms with Crippen molar-refractivity contribution in [3.05, 3.63) is 28.6 Å². The zero-order valence-corrected chi connectivity index (χ0v) is 19.4. The van der Waals surface area contributed by atoms with E-state index in [2.05, 4.69) is 56.1 Å². The van der Waals surface area contributed by atoms with Gasteiger partial charge in [-0.15, -0.1) is 0 Å². The van der Waals surface area contributed by atoms with E-state index in [9.17, 15) is 0 Å². The first kappa shape index (κ1) is 23.3. The van der Waals surface area contributed by atoms with Crippen LogP contribution in [0.2, 0.25) is 18.1 Å². The van der Waals surface area contributed by atoms with Crippen molar-refractivity contribution in [1.82, 2.24) is 9.55 Å². The maximum Gasteiger partial charge on any atom is 0.191 e. The van der Waals surface area contributed by atoms with Crippen molar-refractivity contribution in [2.75, 3.05) is 6.61 Å². The summed E-state index contributed by atoms with van der Waals surface area (Å²) < 4.78 is 8.32. The summed E-state index contributed by atoms with van der Waals surface area (Å²) >= 11 is 12.0. The maximum absolute atomic E-state index is 6.25. The zero-order chi connectivity index (χ0) is 20.1. The predicted octanol–water partition coefficient (Wildman–Crippen LogP) is 4.12. The van der Waals surface area contributed by atoms with E-state index in [0.29, 0.717) is 10.4 Å². The summed E-state index contributed by atoms with van der Waals surface area (Å²) in [5.74, 6) is 0.173. The van der Waals surface area contributed by atoms with Crippen LogP contribution in [0.15, 0.2) is 17.9 Å². The van der Waals surface area contributed by atoms with Crippen molar-refractivity contribution in [1.29, 1.82) is 0 Å². The van der Waals surface area contributed by atoms with Gasteiger partial charge in [0.15, 0.2) is 8.32 Å². The lowest BCUT2D eigenvalue weighted by molar-refractivity contribution is 0.274. The molecule has 2 N–H and O–H groups in total. The molecule has 7 heteroatoms. The minimum absolute atomic E-state index is 0.173. The van der Waals surface area contributed by atoms with Crippen LogP contribution < -0.4 is 16.4 Å². The molecule has 0 saturated heterocycles. The van der Waals surface area contributed by atoms with E-state index in [0.717, 1.165) is 31.3 Å². The molecular formula is C19H33Cl2N3OSi. The maximum atomic E-state index is 6.25. The normalized spacial score (nSPS) is 15.9. The van der Waals surface area contributed by atoms with Gasteiger partial charge in [-0.25, -0.2) is 4.98 Å². The highest BCUT2D eigenvalue weighted by atomic mass is 35.5. The Morgan fingerprint density at radius 2 is 2.04 bits per heavy atom. The van der Waals surface area contributed by atoms with Crippen molar-refractivity contribution < 1.29 is 4.43 Å². The molecule has 0 aliphatic heterocycles. The number of halogens is 2. The molecule has 0 aliphatic rings.